The third kappa shape index (κ3) is 5.73. The van der Waals surface area contributed by atoms with Crippen molar-refractivity contribution in [1.29, 1.82) is 0 Å². The van der Waals surface area contributed by atoms with E-state index < -0.39 is 18.2 Å². The van der Waals surface area contributed by atoms with Crippen LogP contribution in [0.4, 0.5) is 15.3 Å². The molecule has 19 heavy (non-hydrogen) atoms. The molecule has 5 N–H and O–H groups in total. The van der Waals surface area contributed by atoms with Gasteiger partial charge in [0, 0.05) is 5.69 Å². The minimum Gasteiger partial charge on any atom is -0.448 e. The molecule has 0 saturated heterocycles. The molecule has 7 heteroatoms. The van der Waals surface area contributed by atoms with Crippen LogP contribution in [-0.2, 0) is 4.74 Å². The molecule has 0 fully saturated rings. The van der Waals surface area contributed by atoms with Gasteiger partial charge in [0.2, 0.25) is 0 Å². The number of aliphatic hydroxyl groups excluding tert-OH is 1. The summed E-state index contributed by atoms with van der Waals surface area (Å²) in [7, 11) is 0. The number of carbonyl (C=O) groups excluding carboxylic acids is 2. The van der Waals surface area contributed by atoms with E-state index in [0.717, 1.165) is 0 Å². The monoisotopic (exact) mass is 267 g/mol. The quantitative estimate of drug-likeness (QED) is 0.595. The van der Waals surface area contributed by atoms with Crippen LogP contribution < -0.4 is 16.4 Å². The number of anilines is 1. The Balaban J connectivity index is 2.39. The van der Waals surface area contributed by atoms with Crippen molar-refractivity contribution >= 4 is 17.8 Å². The normalized spacial score (nSPS) is 11.5. The fourth-order valence-corrected chi connectivity index (χ4v) is 1.37. The Kier molecular flexibility index (Phi) is 5.62. The van der Waals surface area contributed by atoms with Crippen molar-refractivity contribution in [2.75, 3.05) is 18.5 Å². The van der Waals surface area contributed by atoms with E-state index in [1.807, 2.05) is 0 Å². The minimum absolute atomic E-state index is 0.0104. The van der Waals surface area contributed by atoms with Crippen LogP contribution in [-0.4, -0.2) is 30.4 Å². The summed E-state index contributed by atoms with van der Waals surface area (Å²) in [4.78, 5) is 21.8. The Morgan fingerprint density at radius 3 is 2.84 bits per heavy atom. The smallest absolute Gasteiger partial charge is 0.404 e. The summed E-state index contributed by atoms with van der Waals surface area (Å²) in [5.41, 5.74) is 6.03. The third-order valence-electron chi connectivity index (χ3n) is 2.26. The molecule has 1 aromatic carbocycles. The van der Waals surface area contributed by atoms with Gasteiger partial charge < -0.3 is 26.2 Å². The Labute approximate surface area is 110 Å². The van der Waals surface area contributed by atoms with Gasteiger partial charge >= 0.3 is 12.1 Å². The van der Waals surface area contributed by atoms with E-state index in [-0.39, 0.29) is 13.2 Å². The molecule has 0 heterocycles. The predicted octanol–water partition coefficient (Wildman–Crippen LogP) is 0.957. The van der Waals surface area contributed by atoms with Gasteiger partial charge in [-0.15, -0.1) is 0 Å². The zero-order valence-corrected chi connectivity index (χ0v) is 10.6. The molecule has 7 nitrogen and oxygen atoms in total. The first kappa shape index (κ1) is 14.8. The van der Waals surface area contributed by atoms with Crippen molar-refractivity contribution in [1.82, 2.24) is 5.32 Å². The number of urea groups is 1. The molecule has 0 aliphatic heterocycles. The van der Waals surface area contributed by atoms with Gasteiger partial charge in [0.25, 0.3) is 0 Å². The van der Waals surface area contributed by atoms with Gasteiger partial charge in [-0.25, -0.2) is 9.59 Å². The maximum Gasteiger partial charge on any atom is 0.404 e. The lowest BCUT2D eigenvalue weighted by atomic mass is 10.1. The van der Waals surface area contributed by atoms with Crippen molar-refractivity contribution in [3.8, 4) is 0 Å². The number of benzene rings is 1. The number of rotatable bonds is 5. The van der Waals surface area contributed by atoms with Crippen LogP contribution >= 0.6 is 0 Å². The van der Waals surface area contributed by atoms with Crippen LogP contribution in [0.25, 0.3) is 0 Å². The maximum absolute atomic E-state index is 11.5. The molecule has 3 amide bonds. The number of nitrogens with one attached hydrogen (secondary N) is 2. The fraction of sp³-hybridized carbons (Fsp3) is 0.333. The summed E-state index contributed by atoms with van der Waals surface area (Å²) in [6, 6.07) is 6.42. The number of hydrogen-bond donors (Lipinski definition) is 4. The molecule has 1 atom stereocenters. The van der Waals surface area contributed by atoms with E-state index in [4.69, 9.17) is 5.73 Å². The average molecular weight is 267 g/mol. The number of amides is 3. The first-order valence-corrected chi connectivity index (χ1v) is 5.74. The molecule has 0 bridgehead atoms. The van der Waals surface area contributed by atoms with Crippen molar-refractivity contribution in [3.63, 3.8) is 0 Å². The molecule has 1 aromatic rings. The summed E-state index contributed by atoms with van der Waals surface area (Å²) in [6.45, 7) is 1.81. The van der Waals surface area contributed by atoms with Gasteiger partial charge in [-0.05, 0) is 24.6 Å². The van der Waals surface area contributed by atoms with E-state index in [0.29, 0.717) is 11.3 Å². The highest BCUT2D eigenvalue weighted by atomic mass is 16.5. The molecule has 0 saturated carbocycles. The summed E-state index contributed by atoms with van der Waals surface area (Å²) in [5, 5.41) is 14.5. The Morgan fingerprint density at radius 2 is 2.21 bits per heavy atom. The number of nitrogens with two attached hydrogens (primary N) is 1. The molecule has 1 unspecified atom stereocenters. The zero-order valence-electron chi connectivity index (χ0n) is 10.6. The van der Waals surface area contributed by atoms with Crippen LogP contribution in [0.2, 0.25) is 0 Å². The van der Waals surface area contributed by atoms with Crippen LogP contribution in [0.5, 0.6) is 0 Å². The van der Waals surface area contributed by atoms with Gasteiger partial charge in [-0.3, -0.25) is 0 Å². The predicted molar refractivity (Wildman–Crippen MR) is 69.6 cm³/mol. The first-order valence-electron chi connectivity index (χ1n) is 5.74. The molecule has 0 aromatic heterocycles. The number of aliphatic hydroxyl groups is 1. The molecule has 0 spiro atoms. The lowest BCUT2D eigenvalue weighted by Crippen LogP contribution is -2.32. The van der Waals surface area contributed by atoms with Crippen LogP contribution in [0, 0.1) is 0 Å². The second-order valence-electron chi connectivity index (χ2n) is 3.85. The van der Waals surface area contributed by atoms with Crippen LogP contribution in [0.1, 0.15) is 18.6 Å². The maximum atomic E-state index is 11.5. The highest BCUT2D eigenvalue weighted by molar-refractivity contribution is 5.89. The van der Waals surface area contributed by atoms with E-state index in [1.165, 1.54) is 0 Å². The third-order valence-corrected chi connectivity index (χ3v) is 2.26. The summed E-state index contributed by atoms with van der Waals surface area (Å²) in [6.07, 6.45) is -1.49. The fourth-order valence-electron chi connectivity index (χ4n) is 1.37. The summed E-state index contributed by atoms with van der Waals surface area (Å²) < 4.78 is 4.46. The van der Waals surface area contributed by atoms with Gasteiger partial charge in [0.15, 0.2) is 0 Å². The molecular weight excluding hydrogens is 250 g/mol. The second-order valence-corrected chi connectivity index (χ2v) is 3.85. The Bertz CT molecular complexity index is 448. The van der Waals surface area contributed by atoms with E-state index in [2.05, 4.69) is 15.4 Å². The first-order chi connectivity index (χ1) is 8.99. The second kappa shape index (κ2) is 7.22. The number of hydrogen-bond acceptors (Lipinski definition) is 4. The van der Waals surface area contributed by atoms with Gasteiger partial charge in [0.05, 0.1) is 12.6 Å². The van der Waals surface area contributed by atoms with E-state index >= 15 is 0 Å². The molecule has 0 radical (unpaired) electrons. The topological polar surface area (TPSA) is 114 Å². The standard InChI is InChI=1S/C12H17N3O4/c1-8(16)9-3-2-4-10(7-9)15-12(18)14-5-6-19-11(13)17/h2-4,7-8,16H,5-6H2,1H3,(H2,13,17)(H2,14,15,18). The van der Waals surface area contributed by atoms with Crippen LogP contribution in [0.15, 0.2) is 24.3 Å². The lowest BCUT2D eigenvalue weighted by Gasteiger charge is -2.10. The van der Waals surface area contributed by atoms with Crippen molar-refractivity contribution in [2.45, 2.75) is 13.0 Å². The summed E-state index contributed by atoms with van der Waals surface area (Å²) in [5.74, 6) is 0. The Morgan fingerprint density at radius 1 is 1.47 bits per heavy atom. The Hall–Kier alpha value is -2.28. The summed E-state index contributed by atoms with van der Waals surface area (Å²) >= 11 is 0. The van der Waals surface area contributed by atoms with Gasteiger partial charge in [-0.1, -0.05) is 12.1 Å². The largest absolute Gasteiger partial charge is 0.448 e. The highest BCUT2D eigenvalue weighted by Gasteiger charge is 2.04. The van der Waals surface area contributed by atoms with Crippen LogP contribution in [0.3, 0.4) is 0 Å². The zero-order chi connectivity index (χ0) is 14.3. The van der Waals surface area contributed by atoms with Gasteiger partial charge in [-0.2, -0.15) is 0 Å². The number of ether oxygens (including phenoxy) is 1. The van der Waals surface area contributed by atoms with Crippen molar-refractivity contribution in [3.05, 3.63) is 29.8 Å². The lowest BCUT2D eigenvalue weighted by molar-refractivity contribution is 0.157. The van der Waals surface area contributed by atoms with Crippen molar-refractivity contribution < 1.29 is 19.4 Å². The minimum atomic E-state index is -0.883. The van der Waals surface area contributed by atoms with E-state index in [9.17, 15) is 14.7 Å². The SMILES string of the molecule is CC(O)c1cccc(NC(=O)NCCOC(N)=O)c1. The molecule has 104 valence electrons. The number of carbonyl (C=O) groups is 2. The molecule has 0 aliphatic carbocycles. The highest BCUT2D eigenvalue weighted by Crippen LogP contribution is 2.16. The molecular formula is C12H17N3O4. The van der Waals surface area contributed by atoms with Crippen molar-refractivity contribution in [2.24, 2.45) is 5.73 Å². The molecule has 1 rings (SSSR count). The van der Waals surface area contributed by atoms with E-state index in [1.54, 1.807) is 31.2 Å². The number of primary amides is 1. The molecule has 0 aliphatic rings. The van der Waals surface area contributed by atoms with Gasteiger partial charge in [0.1, 0.15) is 6.61 Å². The average Bonchev–Trinajstić information content (AvgIpc) is 2.34.